The largest absolute Gasteiger partial charge is 0.491 e. The van der Waals surface area contributed by atoms with Gasteiger partial charge in [-0.05, 0) is 19.8 Å². The van der Waals surface area contributed by atoms with Gasteiger partial charge in [0.05, 0.1) is 43.4 Å². The van der Waals surface area contributed by atoms with Crippen molar-refractivity contribution < 1.29 is 14.6 Å². The molecule has 2 aliphatic rings. The van der Waals surface area contributed by atoms with Gasteiger partial charge >= 0.3 is 0 Å². The highest BCUT2D eigenvalue weighted by Crippen LogP contribution is 2.33. The number of carbonyl (C=O) groups excluding carboxylic acids is 1. The molecule has 2 atom stereocenters. The molecule has 0 unspecified atom stereocenters. The van der Waals surface area contributed by atoms with Crippen LogP contribution in [-0.2, 0) is 6.54 Å². The molecule has 3 heterocycles. The lowest BCUT2D eigenvalue weighted by molar-refractivity contribution is 0.0189. The highest BCUT2D eigenvalue weighted by atomic mass is 16.5. The number of amides is 1. The SMILES string of the molecule is CCOc1cnn(-c2nc(N)nc3c2C(=O)N([C@@H]2CCCC[C@@H]2O)C3)c1. The Morgan fingerprint density at radius 1 is 1.35 bits per heavy atom. The summed E-state index contributed by atoms with van der Waals surface area (Å²) in [7, 11) is 0. The van der Waals surface area contributed by atoms with Gasteiger partial charge in [-0.25, -0.2) is 9.67 Å². The third-order valence-corrected chi connectivity index (χ3v) is 4.96. The molecule has 2 aromatic rings. The lowest BCUT2D eigenvalue weighted by Gasteiger charge is -2.34. The highest BCUT2D eigenvalue weighted by Gasteiger charge is 2.40. The van der Waals surface area contributed by atoms with Crippen LogP contribution < -0.4 is 10.5 Å². The predicted octanol–water partition coefficient (Wildman–Crippen LogP) is 0.902. The van der Waals surface area contributed by atoms with E-state index in [2.05, 4.69) is 15.1 Å². The van der Waals surface area contributed by atoms with Gasteiger partial charge in [-0.1, -0.05) is 12.8 Å². The van der Waals surface area contributed by atoms with Crippen LogP contribution in [0.1, 0.15) is 48.7 Å². The van der Waals surface area contributed by atoms with Crippen molar-refractivity contribution in [3.05, 3.63) is 23.7 Å². The first-order valence-corrected chi connectivity index (χ1v) is 8.91. The number of hydrogen-bond donors (Lipinski definition) is 2. The number of rotatable bonds is 4. The summed E-state index contributed by atoms with van der Waals surface area (Å²) in [6, 6.07) is -0.198. The van der Waals surface area contributed by atoms with Crippen LogP contribution in [0.4, 0.5) is 5.95 Å². The van der Waals surface area contributed by atoms with Crippen molar-refractivity contribution >= 4 is 11.9 Å². The molecule has 0 bridgehead atoms. The van der Waals surface area contributed by atoms with Crippen LogP contribution in [0.3, 0.4) is 0 Å². The Morgan fingerprint density at radius 3 is 2.92 bits per heavy atom. The zero-order chi connectivity index (χ0) is 18.3. The number of aliphatic hydroxyl groups excluding tert-OH is 1. The first kappa shape index (κ1) is 16.8. The van der Waals surface area contributed by atoms with Gasteiger partial charge in [-0.15, -0.1) is 0 Å². The van der Waals surface area contributed by atoms with Gasteiger partial charge in [-0.3, -0.25) is 4.79 Å². The molecule has 0 saturated heterocycles. The van der Waals surface area contributed by atoms with Gasteiger partial charge in [0, 0.05) is 0 Å². The van der Waals surface area contributed by atoms with E-state index in [0.717, 1.165) is 19.3 Å². The molecule has 1 aliphatic heterocycles. The summed E-state index contributed by atoms with van der Waals surface area (Å²) in [6.45, 7) is 2.73. The Bertz CT molecular complexity index is 836. The fourth-order valence-electron chi connectivity index (χ4n) is 3.78. The highest BCUT2D eigenvalue weighted by molar-refractivity contribution is 6.01. The maximum Gasteiger partial charge on any atom is 0.260 e. The molecular formula is C17H22N6O3. The second-order valence-corrected chi connectivity index (χ2v) is 6.63. The summed E-state index contributed by atoms with van der Waals surface area (Å²) in [6.07, 6.45) is 6.20. The predicted molar refractivity (Wildman–Crippen MR) is 92.9 cm³/mol. The van der Waals surface area contributed by atoms with Crippen molar-refractivity contribution in [2.45, 2.75) is 51.3 Å². The van der Waals surface area contributed by atoms with E-state index < -0.39 is 6.10 Å². The molecule has 0 aromatic carbocycles. The summed E-state index contributed by atoms with van der Waals surface area (Å²) in [5, 5.41) is 14.6. The molecule has 1 saturated carbocycles. The number of fused-ring (bicyclic) bond motifs is 1. The maximum atomic E-state index is 13.1. The average molecular weight is 358 g/mol. The van der Waals surface area contributed by atoms with Gasteiger partial charge in [0.25, 0.3) is 5.91 Å². The monoisotopic (exact) mass is 358 g/mol. The number of nitrogens with zero attached hydrogens (tertiary/aromatic N) is 5. The number of anilines is 1. The van der Waals surface area contributed by atoms with Crippen LogP contribution >= 0.6 is 0 Å². The second-order valence-electron chi connectivity index (χ2n) is 6.63. The number of hydrogen-bond acceptors (Lipinski definition) is 7. The zero-order valence-electron chi connectivity index (χ0n) is 14.6. The Balaban J connectivity index is 1.71. The Morgan fingerprint density at radius 2 is 2.15 bits per heavy atom. The van der Waals surface area contributed by atoms with E-state index in [1.165, 1.54) is 4.68 Å². The van der Waals surface area contributed by atoms with Crippen LogP contribution in [0.5, 0.6) is 5.75 Å². The minimum Gasteiger partial charge on any atom is -0.491 e. The number of nitrogens with two attached hydrogens (primary N) is 1. The Labute approximate surface area is 150 Å². The number of nitrogen functional groups attached to an aromatic ring is 1. The summed E-state index contributed by atoms with van der Waals surface area (Å²) >= 11 is 0. The van der Waals surface area contributed by atoms with Crippen LogP contribution in [-0.4, -0.2) is 54.4 Å². The van der Waals surface area contributed by atoms with Gasteiger partial charge in [0.2, 0.25) is 5.95 Å². The van der Waals surface area contributed by atoms with E-state index in [1.54, 1.807) is 17.3 Å². The van der Waals surface area contributed by atoms with E-state index >= 15 is 0 Å². The van der Waals surface area contributed by atoms with E-state index in [-0.39, 0.29) is 17.9 Å². The lowest BCUT2D eigenvalue weighted by atomic mass is 9.91. The van der Waals surface area contributed by atoms with E-state index in [4.69, 9.17) is 10.5 Å². The second kappa shape index (κ2) is 6.56. The Kier molecular flexibility index (Phi) is 4.23. The van der Waals surface area contributed by atoms with Crippen molar-refractivity contribution in [1.82, 2.24) is 24.6 Å². The van der Waals surface area contributed by atoms with Crippen LogP contribution in [0.25, 0.3) is 5.82 Å². The number of carbonyl (C=O) groups is 1. The molecule has 138 valence electrons. The third kappa shape index (κ3) is 2.78. The van der Waals surface area contributed by atoms with Crippen molar-refractivity contribution in [2.75, 3.05) is 12.3 Å². The maximum absolute atomic E-state index is 13.1. The fourth-order valence-corrected chi connectivity index (χ4v) is 3.78. The molecule has 0 spiro atoms. The minimum atomic E-state index is -0.509. The molecule has 9 nitrogen and oxygen atoms in total. The first-order valence-electron chi connectivity index (χ1n) is 8.91. The summed E-state index contributed by atoms with van der Waals surface area (Å²) in [4.78, 5) is 23.3. The van der Waals surface area contributed by atoms with Gasteiger partial charge in [0.1, 0.15) is 5.56 Å². The summed E-state index contributed by atoms with van der Waals surface area (Å²) in [5.74, 6) is 0.833. The molecular weight excluding hydrogens is 336 g/mol. The van der Waals surface area contributed by atoms with Gasteiger partial charge in [0.15, 0.2) is 11.6 Å². The number of aliphatic hydroxyl groups is 1. The average Bonchev–Trinajstić information content (AvgIpc) is 3.20. The standard InChI is InChI=1S/C17H22N6O3/c1-2-26-10-7-19-23(8-10)15-14-11(20-17(18)21-15)9-22(16(14)25)12-5-3-4-6-13(12)24/h7-8,12-13,24H,2-6,9H2,1H3,(H2,18,20,21)/t12-,13+/m1/s1. The van der Waals surface area contributed by atoms with Crippen LogP contribution in [0.2, 0.25) is 0 Å². The topological polar surface area (TPSA) is 119 Å². The first-order chi connectivity index (χ1) is 12.6. The molecule has 26 heavy (non-hydrogen) atoms. The minimum absolute atomic E-state index is 0.0889. The van der Waals surface area contributed by atoms with E-state index in [9.17, 15) is 9.90 Å². The lowest BCUT2D eigenvalue weighted by Crippen LogP contribution is -2.45. The normalized spacial score (nSPS) is 22.5. The molecule has 1 amide bonds. The quantitative estimate of drug-likeness (QED) is 0.833. The Hall–Kier alpha value is -2.68. The molecule has 9 heteroatoms. The van der Waals surface area contributed by atoms with Crippen LogP contribution in [0, 0.1) is 0 Å². The molecule has 1 aliphatic carbocycles. The summed E-state index contributed by atoms with van der Waals surface area (Å²) < 4.78 is 6.92. The molecule has 1 fully saturated rings. The molecule has 4 rings (SSSR count). The van der Waals surface area contributed by atoms with E-state index in [1.807, 2.05) is 6.92 Å². The van der Waals surface area contributed by atoms with Gasteiger partial charge in [-0.2, -0.15) is 10.1 Å². The van der Waals surface area contributed by atoms with Crippen molar-refractivity contribution in [1.29, 1.82) is 0 Å². The number of ether oxygens (including phenoxy) is 1. The van der Waals surface area contributed by atoms with Crippen molar-refractivity contribution in [3.63, 3.8) is 0 Å². The molecule has 3 N–H and O–H groups in total. The van der Waals surface area contributed by atoms with E-state index in [0.29, 0.717) is 42.4 Å². The smallest absolute Gasteiger partial charge is 0.260 e. The number of aromatic nitrogens is 4. The van der Waals surface area contributed by atoms with Crippen LogP contribution in [0.15, 0.2) is 12.4 Å². The zero-order valence-corrected chi connectivity index (χ0v) is 14.6. The fraction of sp³-hybridized carbons (Fsp3) is 0.529. The summed E-state index contributed by atoms with van der Waals surface area (Å²) in [5.41, 5.74) is 6.82. The van der Waals surface area contributed by atoms with Gasteiger partial charge < -0.3 is 20.5 Å². The van der Waals surface area contributed by atoms with Crippen molar-refractivity contribution in [3.8, 4) is 11.6 Å². The third-order valence-electron chi connectivity index (χ3n) is 4.96. The van der Waals surface area contributed by atoms with Crippen molar-refractivity contribution in [2.24, 2.45) is 0 Å². The molecule has 0 radical (unpaired) electrons. The molecule has 2 aromatic heterocycles.